The molecule has 0 spiro atoms. The lowest BCUT2D eigenvalue weighted by molar-refractivity contribution is -0.116. The third-order valence-electron chi connectivity index (χ3n) is 5.09. The molecule has 0 saturated carbocycles. The lowest BCUT2D eigenvalue weighted by Gasteiger charge is -2.27. The first-order valence-electron chi connectivity index (χ1n) is 9.73. The average molecular weight is 376 g/mol. The Morgan fingerprint density at radius 1 is 1.07 bits per heavy atom. The minimum absolute atomic E-state index is 0.0450. The van der Waals surface area contributed by atoms with E-state index < -0.39 is 0 Å². The molecule has 1 aromatic heterocycles. The molecule has 0 radical (unpaired) electrons. The molecule has 6 heteroatoms. The van der Waals surface area contributed by atoms with E-state index in [-0.39, 0.29) is 18.0 Å². The maximum atomic E-state index is 13.2. The normalized spacial score (nSPS) is 14.2. The average Bonchev–Trinajstić information content (AvgIpc) is 2.70. The topological polar surface area (TPSA) is 67.2 Å². The fourth-order valence-corrected chi connectivity index (χ4v) is 3.71. The predicted molar refractivity (Wildman–Crippen MR) is 112 cm³/mol. The minimum atomic E-state index is -0.228. The summed E-state index contributed by atoms with van der Waals surface area (Å²) in [6, 6.07) is 15.1. The first kappa shape index (κ1) is 18.2. The van der Waals surface area contributed by atoms with Gasteiger partial charge in [0, 0.05) is 18.8 Å². The van der Waals surface area contributed by atoms with Gasteiger partial charge >= 0.3 is 0 Å². The van der Waals surface area contributed by atoms with Crippen LogP contribution in [-0.2, 0) is 11.3 Å². The summed E-state index contributed by atoms with van der Waals surface area (Å²) in [6.45, 7) is 3.59. The number of carbonyl (C=O) groups is 1. The number of anilines is 2. The van der Waals surface area contributed by atoms with Gasteiger partial charge in [-0.2, -0.15) is 0 Å². The van der Waals surface area contributed by atoms with Gasteiger partial charge < -0.3 is 10.2 Å². The van der Waals surface area contributed by atoms with Crippen molar-refractivity contribution in [2.24, 2.45) is 0 Å². The fourth-order valence-electron chi connectivity index (χ4n) is 3.71. The first-order chi connectivity index (χ1) is 13.6. The Labute approximate surface area is 163 Å². The lowest BCUT2D eigenvalue weighted by Crippen LogP contribution is -2.38. The predicted octanol–water partition coefficient (Wildman–Crippen LogP) is 3.33. The van der Waals surface area contributed by atoms with Crippen molar-refractivity contribution in [1.29, 1.82) is 0 Å². The third kappa shape index (κ3) is 3.76. The highest BCUT2D eigenvalue weighted by molar-refractivity contribution is 5.91. The number of carbonyl (C=O) groups excluding carboxylic acids is 1. The van der Waals surface area contributed by atoms with Crippen molar-refractivity contribution < 1.29 is 4.79 Å². The van der Waals surface area contributed by atoms with Crippen LogP contribution in [0.4, 0.5) is 11.5 Å². The number of aryl methyl sites for hydroxylation is 1. The van der Waals surface area contributed by atoms with E-state index in [1.54, 1.807) is 0 Å². The van der Waals surface area contributed by atoms with E-state index in [0.717, 1.165) is 42.7 Å². The number of fused-ring (bicyclic) bond motifs is 1. The standard InChI is InChI=1S/C22H24N4O2/c1-16-8-7-9-17(14-16)23-20(27)15-26-19-11-4-3-10-18(19)24-21(22(26)28)25-12-5-2-6-13-25/h3-4,7-11,14H,2,5-6,12-13,15H2,1H3,(H,23,27). The Morgan fingerprint density at radius 3 is 2.64 bits per heavy atom. The third-order valence-corrected chi connectivity index (χ3v) is 5.09. The highest BCUT2D eigenvalue weighted by atomic mass is 16.2. The van der Waals surface area contributed by atoms with Crippen LogP contribution in [0.2, 0.25) is 0 Å². The number of benzene rings is 2. The quantitative estimate of drug-likeness (QED) is 0.758. The Hall–Kier alpha value is -3.15. The molecule has 1 N–H and O–H groups in total. The van der Waals surface area contributed by atoms with Crippen LogP contribution in [-0.4, -0.2) is 28.5 Å². The molecular weight excluding hydrogens is 352 g/mol. The fraction of sp³-hybridized carbons (Fsp3) is 0.318. The summed E-state index contributed by atoms with van der Waals surface area (Å²) in [5, 5.41) is 2.89. The molecule has 1 aliphatic heterocycles. The number of rotatable bonds is 4. The number of hydrogen-bond donors (Lipinski definition) is 1. The number of piperidine rings is 1. The molecule has 1 saturated heterocycles. The summed E-state index contributed by atoms with van der Waals surface area (Å²) in [6.07, 6.45) is 3.29. The van der Waals surface area contributed by atoms with Crippen LogP contribution in [0.25, 0.3) is 11.0 Å². The van der Waals surface area contributed by atoms with Gasteiger partial charge in [0.2, 0.25) is 5.91 Å². The van der Waals surface area contributed by atoms with Gasteiger partial charge in [-0.15, -0.1) is 0 Å². The highest BCUT2D eigenvalue weighted by Gasteiger charge is 2.20. The van der Waals surface area contributed by atoms with Gasteiger partial charge in [0.05, 0.1) is 11.0 Å². The van der Waals surface area contributed by atoms with Crippen molar-refractivity contribution in [2.45, 2.75) is 32.7 Å². The number of amides is 1. The molecule has 0 unspecified atom stereocenters. The van der Waals surface area contributed by atoms with Crippen molar-refractivity contribution in [1.82, 2.24) is 9.55 Å². The van der Waals surface area contributed by atoms with E-state index >= 15 is 0 Å². The zero-order valence-electron chi connectivity index (χ0n) is 16.0. The van der Waals surface area contributed by atoms with E-state index in [9.17, 15) is 9.59 Å². The van der Waals surface area contributed by atoms with Crippen LogP contribution in [0.3, 0.4) is 0 Å². The molecule has 2 heterocycles. The minimum Gasteiger partial charge on any atom is -0.352 e. The van der Waals surface area contributed by atoms with Crippen molar-refractivity contribution >= 4 is 28.4 Å². The van der Waals surface area contributed by atoms with Crippen LogP contribution < -0.4 is 15.8 Å². The summed E-state index contributed by atoms with van der Waals surface area (Å²) < 4.78 is 1.54. The summed E-state index contributed by atoms with van der Waals surface area (Å²) >= 11 is 0. The van der Waals surface area contributed by atoms with E-state index in [1.165, 1.54) is 11.0 Å². The number of aromatic nitrogens is 2. The largest absolute Gasteiger partial charge is 0.352 e. The zero-order chi connectivity index (χ0) is 19.5. The van der Waals surface area contributed by atoms with Gasteiger partial charge in [0.15, 0.2) is 5.82 Å². The Bertz CT molecular complexity index is 1070. The van der Waals surface area contributed by atoms with Gasteiger partial charge in [0.25, 0.3) is 5.56 Å². The smallest absolute Gasteiger partial charge is 0.294 e. The SMILES string of the molecule is Cc1cccc(NC(=O)Cn2c(=O)c(N3CCCCC3)nc3ccccc32)c1. The number of nitrogens with zero attached hydrogens (tertiary/aromatic N) is 3. The molecule has 28 heavy (non-hydrogen) atoms. The second-order valence-corrected chi connectivity index (χ2v) is 7.28. The molecular formula is C22H24N4O2. The number of nitrogens with one attached hydrogen (secondary N) is 1. The molecule has 4 rings (SSSR count). The second kappa shape index (κ2) is 7.84. The van der Waals surface area contributed by atoms with Crippen LogP contribution >= 0.6 is 0 Å². The van der Waals surface area contributed by atoms with Crippen molar-refractivity contribution in [2.75, 3.05) is 23.3 Å². The highest BCUT2D eigenvalue weighted by Crippen LogP contribution is 2.18. The maximum absolute atomic E-state index is 13.2. The van der Waals surface area contributed by atoms with Gasteiger partial charge in [-0.1, -0.05) is 24.3 Å². The van der Waals surface area contributed by atoms with E-state index in [4.69, 9.17) is 0 Å². The Kier molecular flexibility index (Phi) is 5.10. The molecule has 144 valence electrons. The molecule has 0 aliphatic carbocycles. The van der Waals surface area contributed by atoms with Crippen molar-refractivity contribution in [3.05, 3.63) is 64.4 Å². The number of hydrogen-bond acceptors (Lipinski definition) is 4. The summed E-state index contributed by atoms with van der Waals surface area (Å²) in [5.74, 6) is 0.218. The van der Waals surface area contributed by atoms with E-state index in [0.29, 0.717) is 11.3 Å². The molecule has 3 aromatic rings. The van der Waals surface area contributed by atoms with Crippen LogP contribution in [0, 0.1) is 6.92 Å². The van der Waals surface area contributed by atoms with Gasteiger partial charge in [-0.25, -0.2) is 4.98 Å². The Morgan fingerprint density at radius 2 is 1.86 bits per heavy atom. The zero-order valence-corrected chi connectivity index (χ0v) is 16.0. The van der Waals surface area contributed by atoms with Crippen LogP contribution in [0.1, 0.15) is 24.8 Å². The lowest BCUT2D eigenvalue weighted by atomic mass is 10.1. The van der Waals surface area contributed by atoms with Crippen LogP contribution in [0.5, 0.6) is 0 Å². The van der Waals surface area contributed by atoms with Crippen LogP contribution in [0.15, 0.2) is 53.3 Å². The second-order valence-electron chi connectivity index (χ2n) is 7.28. The molecule has 6 nitrogen and oxygen atoms in total. The molecule has 1 amide bonds. The monoisotopic (exact) mass is 376 g/mol. The van der Waals surface area contributed by atoms with Crippen molar-refractivity contribution in [3.63, 3.8) is 0 Å². The maximum Gasteiger partial charge on any atom is 0.294 e. The van der Waals surface area contributed by atoms with Crippen molar-refractivity contribution in [3.8, 4) is 0 Å². The van der Waals surface area contributed by atoms with Gasteiger partial charge in [0.1, 0.15) is 6.54 Å². The van der Waals surface area contributed by atoms with Gasteiger partial charge in [-0.3, -0.25) is 14.2 Å². The molecule has 2 aromatic carbocycles. The molecule has 1 fully saturated rings. The molecule has 0 bridgehead atoms. The summed E-state index contributed by atoms with van der Waals surface area (Å²) in [7, 11) is 0. The molecule has 0 atom stereocenters. The summed E-state index contributed by atoms with van der Waals surface area (Å²) in [5.41, 5.74) is 2.99. The molecule has 1 aliphatic rings. The first-order valence-corrected chi connectivity index (χ1v) is 9.73. The van der Waals surface area contributed by atoms with E-state index in [1.807, 2.05) is 60.4 Å². The number of para-hydroxylation sites is 2. The van der Waals surface area contributed by atoms with Gasteiger partial charge in [-0.05, 0) is 56.0 Å². The summed E-state index contributed by atoms with van der Waals surface area (Å²) in [4.78, 5) is 32.5. The van der Waals surface area contributed by atoms with E-state index in [2.05, 4.69) is 10.3 Å². The Balaban J connectivity index is 1.69.